The molecule has 0 spiro atoms. The highest BCUT2D eigenvalue weighted by molar-refractivity contribution is 5.39. The zero-order chi connectivity index (χ0) is 13.1. The van der Waals surface area contributed by atoms with E-state index in [1.807, 2.05) is 0 Å². The van der Waals surface area contributed by atoms with E-state index in [0.717, 1.165) is 55.9 Å². The minimum Gasteiger partial charge on any atom is -0.481 e. The largest absolute Gasteiger partial charge is 0.481 e. The van der Waals surface area contributed by atoms with Gasteiger partial charge in [0, 0.05) is 25.1 Å². The van der Waals surface area contributed by atoms with Gasteiger partial charge in [-0.3, -0.25) is 0 Å². The Hall–Kier alpha value is -1.36. The molecule has 2 N–H and O–H groups in total. The summed E-state index contributed by atoms with van der Waals surface area (Å²) >= 11 is 0. The quantitative estimate of drug-likeness (QED) is 0.858. The molecule has 0 aromatic carbocycles. The van der Waals surface area contributed by atoms with E-state index in [4.69, 9.17) is 4.74 Å². The molecule has 19 heavy (non-hydrogen) atoms. The van der Waals surface area contributed by atoms with Crippen LogP contribution in [0, 0.1) is 5.92 Å². The number of nitrogens with one attached hydrogen (secondary N) is 2. The summed E-state index contributed by atoms with van der Waals surface area (Å²) in [6.07, 6.45) is 5.93. The first-order valence-electron chi connectivity index (χ1n) is 7.25. The fourth-order valence-corrected chi connectivity index (χ4v) is 2.69. The molecule has 0 radical (unpaired) electrons. The summed E-state index contributed by atoms with van der Waals surface area (Å²) in [5.41, 5.74) is 2.30. The molecule has 0 bridgehead atoms. The smallest absolute Gasteiger partial charge is 0.226 e. The first kappa shape index (κ1) is 12.7. The summed E-state index contributed by atoms with van der Waals surface area (Å²) in [7, 11) is 1.69. The lowest BCUT2D eigenvalue weighted by atomic mass is 9.85. The highest BCUT2D eigenvalue weighted by Gasteiger charge is 2.20. The molecule has 0 amide bonds. The lowest BCUT2D eigenvalue weighted by Gasteiger charge is -2.25. The molecule has 3 rings (SSSR count). The Labute approximate surface area is 114 Å². The second-order valence-corrected chi connectivity index (χ2v) is 5.41. The Morgan fingerprint density at radius 2 is 2.11 bits per heavy atom. The van der Waals surface area contributed by atoms with Gasteiger partial charge < -0.3 is 15.4 Å². The fraction of sp³-hybridized carbons (Fsp3) is 0.714. The minimum absolute atomic E-state index is 0.726. The number of hydrogen-bond donors (Lipinski definition) is 2. The standard InChI is InChI=1S/C14H22N4O/c1-19-13-11-5-7-15-8-6-12(11)17-14(18-13)16-9-10-3-2-4-10/h10,15H,2-9H2,1H3,(H,16,17,18). The molecule has 2 heterocycles. The van der Waals surface area contributed by atoms with Gasteiger partial charge in [-0.1, -0.05) is 6.42 Å². The van der Waals surface area contributed by atoms with Crippen LogP contribution in [0.3, 0.4) is 0 Å². The Bertz CT molecular complexity index is 445. The average Bonchev–Trinajstić information content (AvgIpc) is 2.61. The summed E-state index contributed by atoms with van der Waals surface area (Å²) in [5.74, 6) is 2.27. The molecule has 1 fully saturated rings. The van der Waals surface area contributed by atoms with Crippen molar-refractivity contribution < 1.29 is 4.74 Å². The molecular weight excluding hydrogens is 240 g/mol. The molecule has 5 heteroatoms. The van der Waals surface area contributed by atoms with Crippen LogP contribution in [0.5, 0.6) is 5.88 Å². The van der Waals surface area contributed by atoms with E-state index < -0.39 is 0 Å². The van der Waals surface area contributed by atoms with E-state index in [2.05, 4.69) is 20.6 Å². The van der Waals surface area contributed by atoms with Crippen molar-refractivity contribution in [3.63, 3.8) is 0 Å². The molecule has 104 valence electrons. The van der Waals surface area contributed by atoms with Gasteiger partial charge in [0.15, 0.2) is 0 Å². The van der Waals surface area contributed by atoms with Gasteiger partial charge in [-0.25, -0.2) is 4.98 Å². The van der Waals surface area contributed by atoms with Crippen LogP contribution in [-0.4, -0.2) is 36.7 Å². The SMILES string of the molecule is COc1nc(NCC2CCC2)nc2c1CCNCC2. The number of rotatable bonds is 4. The number of ether oxygens (including phenoxy) is 1. The molecule has 0 atom stereocenters. The Kier molecular flexibility index (Phi) is 3.82. The topological polar surface area (TPSA) is 59.1 Å². The number of nitrogens with zero attached hydrogens (tertiary/aromatic N) is 2. The van der Waals surface area contributed by atoms with Crippen LogP contribution in [0.15, 0.2) is 0 Å². The van der Waals surface area contributed by atoms with Crippen LogP contribution in [0.2, 0.25) is 0 Å². The van der Waals surface area contributed by atoms with E-state index in [1.54, 1.807) is 7.11 Å². The first-order valence-corrected chi connectivity index (χ1v) is 7.25. The van der Waals surface area contributed by atoms with Gasteiger partial charge in [0.05, 0.1) is 12.8 Å². The number of hydrogen-bond acceptors (Lipinski definition) is 5. The van der Waals surface area contributed by atoms with Gasteiger partial charge >= 0.3 is 0 Å². The van der Waals surface area contributed by atoms with Crippen LogP contribution >= 0.6 is 0 Å². The maximum Gasteiger partial charge on any atom is 0.226 e. The predicted octanol–water partition coefficient (Wildman–Crippen LogP) is 1.39. The van der Waals surface area contributed by atoms with Crippen LogP contribution in [0.4, 0.5) is 5.95 Å². The molecule has 1 saturated carbocycles. The highest BCUT2D eigenvalue weighted by atomic mass is 16.5. The normalized spacial score (nSPS) is 19.2. The summed E-state index contributed by atoms with van der Waals surface area (Å²) in [6.45, 7) is 2.94. The molecule has 2 aliphatic rings. The number of aromatic nitrogens is 2. The zero-order valence-corrected chi connectivity index (χ0v) is 11.5. The monoisotopic (exact) mass is 262 g/mol. The number of methoxy groups -OCH3 is 1. The Morgan fingerprint density at radius 1 is 1.26 bits per heavy atom. The second-order valence-electron chi connectivity index (χ2n) is 5.41. The van der Waals surface area contributed by atoms with Gasteiger partial charge in [-0.15, -0.1) is 0 Å². The molecule has 0 saturated heterocycles. The van der Waals surface area contributed by atoms with Gasteiger partial charge in [0.1, 0.15) is 0 Å². The van der Waals surface area contributed by atoms with E-state index >= 15 is 0 Å². The maximum atomic E-state index is 5.44. The van der Waals surface area contributed by atoms with Gasteiger partial charge in [0.2, 0.25) is 11.8 Å². The van der Waals surface area contributed by atoms with Crippen LogP contribution in [-0.2, 0) is 12.8 Å². The average molecular weight is 262 g/mol. The third kappa shape index (κ3) is 2.81. The van der Waals surface area contributed by atoms with Crippen LogP contribution in [0.25, 0.3) is 0 Å². The van der Waals surface area contributed by atoms with Gasteiger partial charge in [-0.2, -0.15) is 4.98 Å². The van der Waals surface area contributed by atoms with E-state index in [9.17, 15) is 0 Å². The maximum absolute atomic E-state index is 5.44. The third-order valence-corrected chi connectivity index (χ3v) is 4.11. The van der Waals surface area contributed by atoms with Crippen molar-refractivity contribution in [2.45, 2.75) is 32.1 Å². The summed E-state index contributed by atoms with van der Waals surface area (Å²) in [6, 6.07) is 0. The highest BCUT2D eigenvalue weighted by Crippen LogP contribution is 2.27. The summed E-state index contributed by atoms with van der Waals surface area (Å²) in [5, 5.41) is 6.76. The Morgan fingerprint density at radius 3 is 2.84 bits per heavy atom. The van der Waals surface area contributed by atoms with E-state index in [0.29, 0.717) is 0 Å². The summed E-state index contributed by atoms with van der Waals surface area (Å²) < 4.78 is 5.44. The molecule has 1 aromatic heterocycles. The molecule has 1 aliphatic carbocycles. The van der Waals surface area contributed by atoms with Crippen molar-refractivity contribution in [2.75, 3.05) is 32.1 Å². The van der Waals surface area contributed by atoms with Crippen molar-refractivity contribution in [2.24, 2.45) is 5.92 Å². The molecule has 1 aromatic rings. The number of fused-ring (bicyclic) bond motifs is 1. The Balaban J connectivity index is 1.78. The van der Waals surface area contributed by atoms with E-state index in [1.165, 1.54) is 24.8 Å². The minimum atomic E-state index is 0.726. The van der Waals surface area contributed by atoms with Gasteiger partial charge in [-0.05, 0) is 31.7 Å². The first-order chi connectivity index (χ1) is 9.36. The molecule has 0 unspecified atom stereocenters. The van der Waals surface area contributed by atoms with Gasteiger partial charge in [0.25, 0.3) is 0 Å². The van der Waals surface area contributed by atoms with Crippen molar-refractivity contribution in [3.05, 3.63) is 11.3 Å². The fourth-order valence-electron chi connectivity index (χ4n) is 2.69. The molecule has 1 aliphatic heterocycles. The molecular formula is C14H22N4O. The second kappa shape index (κ2) is 5.74. The zero-order valence-electron chi connectivity index (χ0n) is 11.5. The van der Waals surface area contributed by atoms with Crippen molar-refractivity contribution in [1.29, 1.82) is 0 Å². The van der Waals surface area contributed by atoms with Crippen molar-refractivity contribution in [1.82, 2.24) is 15.3 Å². The summed E-state index contributed by atoms with van der Waals surface area (Å²) in [4.78, 5) is 9.17. The lowest BCUT2D eigenvalue weighted by molar-refractivity contribution is 0.332. The third-order valence-electron chi connectivity index (χ3n) is 4.11. The molecule has 5 nitrogen and oxygen atoms in total. The van der Waals surface area contributed by atoms with Crippen LogP contribution < -0.4 is 15.4 Å². The van der Waals surface area contributed by atoms with Crippen molar-refractivity contribution >= 4 is 5.95 Å². The van der Waals surface area contributed by atoms with Crippen LogP contribution in [0.1, 0.15) is 30.5 Å². The van der Waals surface area contributed by atoms with E-state index in [-0.39, 0.29) is 0 Å². The van der Waals surface area contributed by atoms with Crippen molar-refractivity contribution in [3.8, 4) is 5.88 Å². The number of anilines is 1. The lowest BCUT2D eigenvalue weighted by Crippen LogP contribution is -2.22. The predicted molar refractivity (Wildman–Crippen MR) is 74.7 cm³/mol.